The molecule has 1 aliphatic carbocycles. The quantitative estimate of drug-likeness (QED) is 0.692. The molecule has 0 saturated heterocycles. The van der Waals surface area contributed by atoms with Gasteiger partial charge >= 0.3 is 0 Å². The van der Waals surface area contributed by atoms with E-state index in [1.807, 2.05) is 31.5 Å². The molecule has 0 radical (unpaired) electrons. The second-order valence-electron chi connectivity index (χ2n) is 5.38. The summed E-state index contributed by atoms with van der Waals surface area (Å²) < 4.78 is 5.83. The molecule has 0 saturated carbocycles. The number of benzene rings is 1. The van der Waals surface area contributed by atoms with Crippen LogP contribution < -0.4 is 4.74 Å². The molecule has 0 amide bonds. The topological polar surface area (TPSA) is 54.7 Å². The van der Waals surface area contributed by atoms with E-state index in [4.69, 9.17) is 9.94 Å². The molecule has 21 heavy (non-hydrogen) atoms. The Balaban J connectivity index is 1.78. The number of aryl methyl sites for hydroxylation is 2. The molecule has 1 aromatic heterocycles. The number of ether oxygens (including phenoxy) is 1. The highest BCUT2D eigenvalue weighted by atomic mass is 16.5. The molecule has 4 heteroatoms. The minimum atomic E-state index is 0.485. The summed E-state index contributed by atoms with van der Waals surface area (Å²) in [7, 11) is 0. The molecule has 1 heterocycles. The zero-order valence-electron chi connectivity index (χ0n) is 12.0. The van der Waals surface area contributed by atoms with E-state index < -0.39 is 0 Å². The normalized spacial score (nSPS) is 15.8. The number of hydrogen-bond acceptors (Lipinski definition) is 4. The molecule has 1 aliphatic rings. The van der Waals surface area contributed by atoms with Gasteiger partial charge in [0.05, 0.1) is 5.71 Å². The zero-order valence-corrected chi connectivity index (χ0v) is 12.0. The monoisotopic (exact) mass is 282 g/mol. The van der Waals surface area contributed by atoms with Crippen LogP contribution in [0.2, 0.25) is 0 Å². The van der Waals surface area contributed by atoms with Gasteiger partial charge in [-0.1, -0.05) is 11.2 Å². The largest absolute Gasteiger partial charge is 0.489 e. The van der Waals surface area contributed by atoms with Crippen molar-refractivity contribution in [1.82, 2.24) is 4.98 Å². The number of hydrogen-bond donors (Lipinski definition) is 1. The summed E-state index contributed by atoms with van der Waals surface area (Å²) in [6.07, 6.45) is 6.51. The van der Waals surface area contributed by atoms with Crippen molar-refractivity contribution in [2.75, 3.05) is 0 Å². The highest BCUT2D eigenvalue weighted by Crippen LogP contribution is 2.26. The van der Waals surface area contributed by atoms with Crippen molar-refractivity contribution in [3.63, 3.8) is 0 Å². The second-order valence-corrected chi connectivity index (χ2v) is 5.38. The second kappa shape index (κ2) is 5.95. The van der Waals surface area contributed by atoms with Gasteiger partial charge in [-0.3, -0.25) is 4.98 Å². The summed E-state index contributed by atoms with van der Waals surface area (Å²) in [6, 6.07) is 8.06. The Morgan fingerprint density at radius 3 is 2.95 bits per heavy atom. The zero-order chi connectivity index (χ0) is 14.7. The van der Waals surface area contributed by atoms with Crippen molar-refractivity contribution in [3.8, 4) is 5.75 Å². The number of oxime groups is 1. The molecule has 108 valence electrons. The first-order valence-electron chi connectivity index (χ1n) is 7.14. The molecule has 0 spiro atoms. The standard InChI is InChI=1S/C17H18N2O2/c1-12-7-13(10-18-9-12)11-21-15-6-5-14-3-2-4-17(19-20)16(14)8-15/h5-10,20H,2-4,11H2,1H3/b19-17-. The fourth-order valence-corrected chi connectivity index (χ4v) is 2.68. The van der Waals surface area contributed by atoms with E-state index in [0.29, 0.717) is 6.61 Å². The third-order valence-electron chi connectivity index (χ3n) is 3.71. The van der Waals surface area contributed by atoms with Crippen LogP contribution in [0.3, 0.4) is 0 Å². The lowest BCUT2D eigenvalue weighted by Crippen LogP contribution is -2.12. The first kappa shape index (κ1) is 13.6. The predicted octanol–water partition coefficient (Wildman–Crippen LogP) is 3.48. The SMILES string of the molecule is Cc1cncc(COc2ccc3c(c2)/C(=N\O)CCC3)c1. The van der Waals surface area contributed by atoms with Gasteiger partial charge in [-0.25, -0.2) is 0 Å². The lowest BCUT2D eigenvalue weighted by Gasteiger charge is -2.18. The molecule has 0 fully saturated rings. The van der Waals surface area contributed by atoms with Crippen LogP contribution in [0.15, 0.2) is 41.8 Å². The Morgan fingerprint density at radius 2 is 2.14 bits per heavy atom. The van der Waals surface area contributed by atoms with Crippen molar-refractivity contribution >= 4 is 5.71 Å². The average molecular weight is 282 g/mol. The summed E-state index contributed by atoms with van der Waals surface area (Å²) in [4.78, 5) is 4.16. The Morgan fingerprint density at radius 1 is 1.24 bits per heavy atom. The highest BCUT2D eigenvalue weighted by molar-refractivity contribution is 6.02. The molecule has 4 nitrogen and oxygen atoms in total. The fourth-order valence-electron chi connectivity index (χ4n) is 2.68. The van der Waals surface area contributed by atoms with E-state index in [0.717, 1.165) is 47.4 Å². The summed E-state index contributed by atoms with van der Waals surface area (Å²) in [5.41, 5.74) is 5.14. The summed E-state index contributed by atoms with van der Waals surface area (Å²) >= 11 is 0. The maximum absolute atomic E-state index is 9.11. The van der Waals surface area contributed by atoms with Gasteiger partial charge in [0, 0.05) is 23.5 Å². The Bertz CT molecular complexity index is 680. The molecular formula is C17H18N2O2. The summed E-state index contributed by atoms with van der Waals surface area (Å²) in [6.45, 7) is 2.50. The Hall–Kier alpha value is -2.36. The van der Waals surface area contributed by atoms with E-state index >= 15 is 0 Å². The lowest BCUT2D eigenvalue weighted by molar-refractivity contribution is 0.305. The van der Waals surface area contributed by atoms with Gasteiger partial charge in [-0.2, -0.15) is 0 Å². The van der Waals surface area contributed by atoms with E-state index in [1.165, 1.54) is 5.56 Å². The fraction of sp³-hybridized carbons (Fsp3) is 0.294. The molecule has 3 rings (SSSR count). The van der Waals surface area contributed by atoms with Crippen LogP contribution >= 0.6 is 0 Å². The van der Waals surface area contributed by atoms with Crippen LogP contribution in [0.1, 0.15) is 35.1 Å². The third-order valence-corrected chi connectivity index (χ3v) is 3.71. The molecule has 0 aliphatic heterocycles. The van der Waals surface area contributed by atoms with Crippen molar-refractivity contribution in [1.29, 1.82) is 0 Å². The predicted molar refractivity (Wildman–Crippen MR) is 81.0 cm³/mol. The van der Waals surface area contributed by atoms with E-state index in [9.17, 15) is 0 Å². The van der Waals surface area contributed by atoms with Crippen LogP contribution in [0.4, 0.5) is 0 Å². The number of pyridine rings is 1. The first-order valence-corrected chi connectivity index (χ1v) is 7.14. The van der Waals surface area contributed by atoms with Crippen LogP contribution in [0.25, 0.3) is 0 Å². The van der Waals surface area contributed by atoms with E-state index in [1.54, 1.807) is 0 Å². The summed E-state index contributed by atoms with van der Waals surface area (Å²) in [5, 5.41) is 12.5. The van der Waals surface area contributed by atoms with Crippen LogP contribution in [-0.2, 0) is 13.0 Å². The van der Waals surface area contributed by atoms with Crippen molar-refractivity contribution < 1.29 is 9.94 Å². The Kier molecular flexibility index (Phi) is 3.86. The van der Waals surface area contributed by atoms with Crippen LogP contribution in [-0.4, -0.2) is 15.9 Å². The molecule has 1 N–H and O–H groups in total. The molecule has 2 aromatic rings. The Labute approximate surface area is 124 Å². The minimum absolute atomic E-state index is 0.485. The summed E-state index contributed by atoms with van der Waals surface area (Å²) in [5.74, 6) is 0.790. The number of rotatable bonds is 3. The molecule has 0 atom stereocenters. The van der Waals surface area contributed by atoms with Gasteiger partial charge in [0.25, 0.3) is 0 Å². The lowest BCUT2D eigenvalue weighted by atomic mass is 9.90. The van der Waals surface area contributed by atoms with Gasteiger partial charge in [0.2, 0.25) is 0 Å². The minimum Gasteiger partial charge on any atom is -0.489 e. The number of aromatic nitrogens is 1. The third kappa shape index (κ3) is 3.05. The van der Waals surface area contributed by atoms with Gasteiger partial charge in [0.15, 0.2) is 0 Å². The molecule has 0 bridgehead atoms. The number of fused-ring (bicyclic) bond motifs is 1. The average Bonchev–Trinajstić information content (AvgIpc) is 2.52. The highest BCUT2D eigenvalue weighted by Gasteiger charge is 2.16. The van der Waals surface area contributed by atoms with Crippen LogP contribution in [0.5, 0.6) is 5.75 Å². The van der Waals surface area contributed by atoms with Gasteiger partial charge in [-0.05, 0) is 55.5 Å². The van der Waals surface area contributed by atoms with Gasteiger partial charge < -0.3 is 9.94 Å². The first-order chi connectivity index (χ1) is 10.3. The smallest absolute Gasteiger partial charge is 0.120 e. The molecule has 1 aromatic carbocycles. The van der Waals surface area contributed by atoms with Gasteiger partial charge in [0.1, 0.15) is 12.4 Å². The van der Waals surface area contributed by atoms with Crippen molar-refractivity contribution in [3.05, 3.63) is 58.9 Å². The van der Waals surface area contributed by atoms with E-state index in [2.05, 4.69) is 22.3 Å². The molecule has 0 unspecified atom stereocenters. The van der Waals surface area contributed by atoms with Crippen molar-refractivity contribution in [2.24, 2.45) is 5.16 Å². The van der Waals surface area contributed by atoms with Crippen molar-refractivity contribution in [2.45, 2.75) is 32.8 Å². The number of nitrogens with zero attached hydrogens (tertiary/aromatic N) is 2. The van der Waals surface area contributed by atoms with Crippen LogP contribution in [0, 0.1) is 6.92 Å². The maximum Gasteiger partial charge on any atom is 0.120 e. The molecular weight excluding hydrogens is 264 g/mol. The van der Waals surface area contributed by atoms with E-state index in [-0.39, 0.29) is 0 Å². The maximum atomic E-state index is 9.11. The van der Waals surface area contributed by atoms with Gasteiger partial charge in [-0.15, -0.1) is 0 Å².